The van der Waals surface area contributed by atoms with E-state index in [9.17, 15) is 4.79 Å². The molecule has 1 amide bonds. The number of aryl methyl sites for hydroxylation is 2. The smallest absolute Gasteiger partial charge is 0.259 e. The molecule has 4 heterocycles. The summed E-state index contributed by atoms with van der Waals surface area (Å²) in [5, 5.41) is 12.4. The molecule has 2 aliphatic rings. The highest BCUT2D eigenvalue weighted by atomic mass is 16.5. The Morgan fingerprint density at radius 3 is 2.32 bits per heavy atom. The van der Waals surface area contributed by atoms with E-state index in [1.807, 2.05) is 11.8 Å². The molecule has 2 bridgehead atoms. The largest absolute Gasteiger partial charge is 0.361 e. The van der Waals surface area contributed by atoms with Crippen LogP contribution in [0.2, 0.25) is 0 Å². The van der Waals surface area contributed by atoms with Crippen LogP contribution in [0.15, 0.2) is 16.9 Å². The summed E-state index contributed by atoms with van der Waals surface area (Å²) in [5.74, 6) is 0.674. The Balaban J connectivity index is 1.59. The van der Waals surface area contributed by atoms with E-state index in [1.54, 1.807) is 24.1 Å². The molecule has 2 saturated heterocycles. The van der Waals surface area contributed by atoms with Crippen LogP contribution >= 0.6 is 0 Å². The topological polar surface area (TPSA) is 77.0 Å². The number of nitrogens with zero attached hydrogens (tertiary/aromatic N) is 5. The Morgan fingerprint density at radius 1 is 1.14 bits per heavy atom. The molecule has 22 heavy (non-hydrogen) atoms. The van der Waals surface area contributed by atoms with Crippen molar-refractivity contribution in [1.82, 2.24) is 25.1 Å². The molecule has 4 rings (SSSR count). The minimum Gasteiger partial charge on any atom is -0.361 e. The molecule has 116 valence electrons. The number of fused-ring (bicyclic) bond motifs is 2. The molecule has 2 aliphatic heterocycles. The summed E-state index contributed by atoms with van der Waals surface area (Å²) in [6.07, 6.45) is 7.36. The molecule has 0 saturated carbocycles. The van der Waals surface area contributed by atoms with E-state index in [-0.39, 0.29) is 18.0 Å². The van der Waals surface area contributed by atoms with Gasteiger partial charge in [0.1, 0.15) is 11.3 Å². The molecule has 0 N–H and O–H groups in total. The Morgan fingerprint density at radius 2 is 1.77 bits per heavy atom. The van der Waals surface area contributed by atoms with Crippen molar-refractivity contribution in [3.63, 3.8) is 0 Å². The molecule has 2 fully saturated rings. The van der Waals surface area contributed by atoms with E-state index >= 15 is 0 Å². The van der Waals surface area contributed by atoms with Crippen LogP contribution in [0.4, 0.5) is 0 Å². The Kier molecular flexibility index (Phi) is 3.02. The lowest BCUT2D eigenvalue weighted by atomic mass is 9.96. The van der Waals surface area contributed by atoms with Crippen LogP contribution in [0, 0.1) is 13.8 Å². The monoisotopic (exact) mass is 301 g/mol. The van der Waals surface area contributed by atoms with Crippen molar-refractivity contribution >= 4 is 5.91 Å². The molecule has 2 aromatic rings. The van der Waals surface area contributed by atoms with Crippen LogP contribution in [-0.2, 0) is 0 Å². The fourth-order valence-corrected chi connectivity index (χ4v) is 4.00. The molecule has 7 heteroatoms. The first-order chi connectivity index (χ1) is 10.6. The Hall–Kier alpha value is -2.18. The summed E-state index contributed by atoms with van der Waals surface area (Å²) in [5.41, 5.74) is 1.31. The number of amides is 1. The average molecular weight is 301 g/mol. The number of rotatable bonds is 2. The van der Waals surface area contributed by atoms with Crippen LogP contribution < -0.4 is 0 Å². The summed E-state index contributed by atoms with van der Waals surface area (Å²) < 4.78 is 5.16. The first-order valence-electron chi connectivity index (χ1n) is 7.76. The third-order valence-electron chi connectivity index (χ3n) is 4.95. The summed E-state index contributed by atoms with van der Waals surface area (Å²) in [7, 11) is 0. The quantitative estimate of drug-likeness (QED) is 0.846. The van der Waals surface area contributed by atoms with E-state index in [0.29, 0.717) is 23.1 Å². The molecule has 2 aromatic heterocycles. The van der Waals surface area contributed by atoms with Gasteiger partial charge in [-0.05, 0) is 39.5 Å². The third kappa shape index (κ3) is 1.95. The molecule has 7 nitrogen and oxygen atoms in total. The van der Waals surface area contributed by atoms with E-state index in [2.05, 4.69) is 15.4 Å². The number of piperidine rings is 1. The maximum atomic E-state index is 12.9. The number of hydrogen-bond acceptors (Lipinski definition) is 5. The summed E-state index contributed by atoms with van der Waals surface area (Å²) in [6, 6.07) is 0.813. The van der Waals surface area contributed by atoms with Gasteiger partial charge in [0.2, 0.25) is 0 Å². The zero-order valence-corrected chi connectivity index (χ0v) is 12.8. The van der Waals surface area contributed by atoms with Crippen LogP contribution in [-0.4, -0.2) is 43.0 Å². The van der Waals surface area contributed by atoms with Crippen LogP contribution in [0.1, 0.15) is 53.5 Å². The van der Waals surface area contributed by atoms with Crippen molar-refractivity contribution in [3.05, 3.63) is 29.4 Å². The normalized spacial score (nSPS) is 27.4. The van der Waals surface area contributed by atoms with Crippen molar-refractivity contribution in [3.8, 4) is 0 Å². The number of carbonyl (C=O) groups excluding carboxylic acids is 1. The molecule has 2 unspecified atom stereocenters. The second kappa shape index (κ2) is 4.93. The van der Waals surface area contributed by atoms with E-state index < -0.39 is 0 Å². The molecule has 0 radical (unpaired) electrons. The van der Waals surface area contributed by atoms with Gasteiger partial charge in [-0.2, -0.15) is 15.0 Å². The minimum absolute atomic E-state index is 0.0654. The van der Waals surface area contributed by atoms with Gasteiger partial charge in [-0.1, -0.05) is 5.16 Å². The van der Waals surface area contributed by atoms with Crippen molar-refractivity contribution in [2.24, 2.45) is 0 Å². The summed E-state index contributed by atoms with van der Waals surface area (Å²) in [6.45, 7) is 3.63. The Labute approximate surface area is 128 Å². The van der Waals surface area contributed by atoms with Crippen molar-refractivity contribution in [2.75, 3.05) is 0 Å². The van der Waals surface area contributed by atoms with Gasteiger partial charge in [0, 0.05) is 12.1 Å². The number of aromatic nitrogens is 4. The SMILES string of the molecule is Cc1noc(C)c1C(=O)N1C2CCC1CC(n1nccn1)C2. The van der Waals surface area contributed by atoms with Gasteiger partial charge >= 0.3 is 0 Å². The zero-order valence-electron chi connectivity index (χ0n) is 12.8. The fourth-order valence-electron chi connectivity index (χ4n) is 4.00. The lowest BCUT2D eigenvalue weighted by Crippen LogP contribution is -2.47. The third-order valence-corrected chi connectivity index (χ3v) is 4.95. The Bertz CT molecular complexity index is 659. The first kappa shape index (κ1) is 13.5. The lowest BCUT2D eigenvalue weighted by molar-refractivity contribution is 0.0510. The standard InChI is InChI=1S/C15H19N5O2/c1-9-14(10(2)22-18-9)15(21)19-11-3-4-12(19)8-13(7-11)20-16-5-6-17-20/h5-6,11-13H,3-4,7-8H2,1-2H3. The van der Waals surface area contributed by atoms with Crippen molar-refractivity contribution < 1.29 is 9.32 Å². The molecular formula is C15H19N5O2. The highest BCUT2D eigenvalue weighted by Crippen LogP contribution is 2.41. The van der Waals surface area contributed by atoms with Crippen LogP contribution in [0.3, 0.4) is 0 Å². The van der Waals surface area contributed by atoms with Gasteiger partial charge in [0.05, 0.1) is 24.1 Å². The second-order valence-corrected chi connectivity index (χ2v) is 6.27. The predicted molar refractivity (Wildman–Crippen MR) is 77.2 cm³/mol. The molecule has 0 spiro atoms. The van der Waals surface area contributed by atoms with E-state index in [1.165, 1.54) is 0 Å². The second-order valence-electron chi connectivity index (χ2n) is 6.27. The van der Waals surface area contributed by atoms with E-state index in [4.69, 9.17) is 4.52 Å². The predicted octanol–water partition coefficient (Wildman–Crippen LogP) is 1.89. The van der Waals surface area contributed by atoms with Crippen LogP contribution in [0.25, 0.3) is 0 Å². The molecule has 0 aromatic carbocycles. The lowest BCUT2D eigenvalue weighted by Gasteiger charge is -2.38. The zero-order chi connectivity index (χ0) is 15.3. The molecular weight excluding hydrogens is 282 g/mol. The first-order valence-corrected chi connectivity index (χ1v) is 7.76. The summed E-state index contributed by atoms with van der Waals surface area (Å²) >= 11 is 0. The van der Waals surface area contributed by atoms with Gasteiger partial charge in [-0.25, -0.2) is 0 Å². The summed E-state index contributed by atoms with van der Waals surface area (Å²) in [4.78, 5) is 16.8. The van der Waals surface area contributed by atoms with Gasteiger partial charge in [-0.3, -0.25) is 4.79 Å². The number of hydrogen-bond donors (Lipinski definition) is 0. The highest BCUT2D eigenvalue weighted by molar-refractivity contribution is 5.96. The maximum Gasteiger partial charge on any atom is 0.259 e. The fraction of sp³-hybridized carbons (Fsp3) is 0.600. The van der Waals surface area contributed by atoms with Crippen molar-refractivity contribution in [2.45, 2.75) is 57.7 Å². The highest BCUT2D eigenvalue weighted by Gasteiger charge is 2.45. The van der Waals surface area contributed by atoms with Crippen LogP contribution in [0.5, 0.6) is 0 Å². The number of carbonyl (C=O) groups is 1. The van der Waals surface area contributed by atoms with Gasteiger partial charge in [0.15, 0.2) is 0 Å². The molecule has 0 aliphatic carbocycles. The molecule has 2 atom stereocenters. The van der Waals surface area contributed by atoms with E-state index in [0.717, 1.165) is 25.7 Å². The average Bonchev–Trinajstić information content (AvgIpc) is 3.19. The minimum atomic E-state index is 0.0654. The van der Waals surface area contributed by atoms with Crippen molar-refractivity contribution in [1.29, 1.82) is 0 Å². The maximum absolute atomic E-state index is 12.9. The van der Waals surface area contributed by atoms with Gasteiger partial charge in [0.25, 0.3) is 5.91 Å². The van der Waals surface area contributed by atoms with Gasteiger partial charge < -0.3 is 9.42 Å². The van der Waals surface area contributed by atoms with Gasteiger partial charge in [-0.15, -0.1) is 0 Å².